The summed E-state index contributed by atoms with van der Waals surface area (Å²) in [6, 6.07) is 11.0. The third kappa shape index (κ3) is 4.11. The lowest BCUT2D eigenvalue weighted by molar-refractivity contribution is -0.138. The van der Waals surface area contributed by atoms with Crippen molar-refractivity contribution < 1.29 is 32.6 Å². The third-order valence-electron chi connectivity index (χ3n) is 4.73. The number of amides is 1. The highest BCUT2D eigenvalue weighted by Crippen LogP contribution is 2.46. The summed E-state index contributed by atoms with van der Waals surface area (Å²) in [4.78, 5) is 23.8. The molecule has 0 unspecified atom stereocenters. The van der Waals surface area contributed by atoms with Crippen LogP contribution in [0.1, 0.15) is 24.8 Å². The van der Waals surface area contributed by atoms with Gasteiger partial charge in [-0.3, -0.25) is 4.79 Å². The lowest BCUT2D eigenvalue weighted by Crippen LogP contribution is -2.20. The van der Waals surface area contributed by atoms with Gasteiger partial charge in [-0.1, -0.05) is 30.3 Å². The van der Waals surface area contributed by atoms with Gasteiger partial charge in [0.1, 0.15) is 11.3 Å². The third-order valence-corrected chi connectivity index (χ3v) is 4.73. The Labute approximate surface area is 164 Å². The van der Waals surface area contributed by atoms with Crippen LogP contribution >= 0.6 is 0 Å². The normalized spacial score (nSPS) is 14.1. The molecule has 0 aliphatic heterocycles. The van der Waals surface area contributed by atoms with E-state index in [4.69, 9.17) is 4.74 Å². The standard InChI is InChI=1S/C21H18F3NO4/c1-29-18-13(12-6-3-2-4-7-12)10-11-16(17(18)21(22,23)24)25-19(26)14-8-5-9-15(14)20(27)28/h2-4,6-7,10-11H,5,8-9H2,1H3,(H,25,26)(H,27,28). The van der Waals surface area contributed by atoms with E-state index in [2.05, 4.69) is 5.32 Å². The fraction of sp³-hybridized carbons (Fsp3) is 0.238. The van der Waals surface area contributed by atoms with Crippen LogP contribution in [-0.2, 0) is 15.8 Å². The number of alkyl halides is 3. The molecule has 5 nitrogen and oxygen atoms in total. The van der Waals surface area contributed by atoms with Crippen molar-refractivity contribution in [2.75, 3.05) is 12.4 Å². The molecular formula is C21H18F3NO4. The lowest BCUT2D eigenvalue weighted by Gasteiger charge is -2.20. The van der Waals surface area contributed by atoms with Gasteiger partial charge in [0.15, 0.2) is 0 Å². The number of methoxy groups -OCH3 is 1. The van der Waals surface area contributed by atoms with Crippen LogP contribution in [0.2, 0.25) is 0 Å². The molecule has 0 atom stereocenters. The molecule has 0 fully saturated rings. The van der Waals surface area contributed by atoms with Gasteiger partial charge in [-0.25, -0.2) is 4.79 Å². The smallest absolute Gasteiger partial charge is 0.421 e. The van der Waals surface area contributed by atoms with E-state index in [0.29, 0.717) is 12.0 Å². The number of nitrogens with one attached hydrogen (secondary N) is 1. The Morgan fingerprint density at radius 1 is 1.03 bits per heavy atom. The van der Waals surface area contributed by atoms with Crippen LogP contribution in [-0.4, -0.2) is 24.1 Å². The molecular weight excluding hydrogens is 387 g/mol. The maximum atomic E-state index is 13.9. The Balaban J connectivity index is 2.09. The maximum Gasteiger partial charge on any atom is 0.421 e. The lowest BCUT2D eigenvalue weighted by atomic mass is 9.99. The number of rotatable bonds is 5. The summed E-state index contributed by atoms with van der Waals surface area (Å²) in [7, 11) is 1.13. The molecule has 0 aromatic heterocycles. The van der Waals surface area contributed by atoms with Crippen LogP contribution < -0.4 is 10.1 Å². The van der Waals surface area contributed by atoms with E-state index in [1.807, 2.05) is 0 Å². The molecule has 0 radical (unpaired) electrons. The zero-order chi connectivity index (χ0) is 21.2. The molecule has 29 heavy (non-hydrogen) atoms. The van der Waals surface area contributed by atoms with E-state index in [1.165, 1.54) is 6.07 Å². The van der Waals surface area contributed by atoms with Gasteiger partial charge in [-0.15, -0.1) is 0 Å². The Kier molecular flexibility index (Phi) is 5.63. The topological polar surface area (TPSA) is 75.6 Å². The number of carboxylic acids is 1. The van der Waals surface area contributed by atoms with E-state index in [0.717, 1.165) is 13.2 Å². The van der Waals surface area contributed by atoms with Crippen LogP contribution in [0.3, 0.4) is 0 Å². The average Bonchev–Trinajstić information content (AvgIpc) is 3.17. The first kappa shape index (κ1) is 20.4. The summed E-state index contributed by atoms with van der Waals surface area (Å²) in [6.07, 6.45) is -3.93. The Hall–Kier alpha value is -3.29. The first-order valence-electron chi connectivity index (χ1n) is 8.84. The predicted octanol–water partition coefficient (Wildman–Crippen LogP) is 4.88. The molecule has 1 aliphatic carbocycles. The number of carbonyl (C=O) groups excluding carboxylic acids is 1. The molecule has 0 saturated heterocycles. The summed E-state index contributed by atoms with van der Waals surface area (Å²) >= 11 is 0. The first-order chi connectivity index (χ1) is 13.7. The number of hydrogen-bond acceptors (Lipinski definition) is 3. The van der Waals surface area contributed by atoms with Crippen LogP contribution in [0.5, 0.6) is 5.75 Å². The zero-order valence-electron chi connectivity index (χ0n) is 15.5. The summed E-state index contributed by atoms with van der Waals surface area (Å²) in [5.74, 6) is -2.50. The molecule has 8 heteroatoms. The minimum atomic E-state index is -4.81. The van der Waals surface area contributed by atoms with Gasteiger partial charge < -0.3 is 15.2 Å². The number of benzene rings is 2. The van der Waals surface area contributed by atoms with Gasteiger partial charge in [-0.2, -0.15) is 13.2 Å². The van der Waals surface area contributed by atoms with E-state index in [1.54, 1.807) is 30.3 Å². The molecule has 0 saturated carbocycles. The van der Waals surface area contributed by atoms with Crippen LogP contribution in [0.15, 0.2) is 53.6 Å². The molecule has 1 aliphatic rings. The second kappa shape index (κ2) is 7.98. The second-order valence-corrected chi connectivity index (χ2v) is 6.50. The number of aliphatic carboxylic acids is 1. The second-order valence-electron chi connectivity index (χ2n) is 6.50. The van der Waals surface area contributed by atoms with Gasteiger partial charge in [0.2, 0.25) is 0 Å². The van der Waals surface area contributed by atoms with Crippen molar-refractivity contribution in [3.8, 4) is 16.9 Å². The van der Waals surface area contributed by atoms with Gasteiger partial charge >= 0.3 is 12.1 Å². The number of hydrogen-bond donors (Lipinski definition) is 2. The highest BCUT2D eigenvalue weighted by Gasteiger charge is 2.39. The number of carbonyl (C=O) groups is 2. The molecule has 2 N–H and O–H groups in total. The summed E-state index contributed by atoms with van der Waals surface area (Å²) in [5, 5.41) is 11.4. The molecule has 2 aromatic carbocycles. The maximum absolute atomic E-state index is 13.9. The van der Waals surface area contributed by atoms with Gasteiger partial charge in [-0.05, 0) is 37.0 Å². The van der Waals surface area contributed by atoms with Crippen molar-refractivity contribution >= 4 is 17.6 Å². The minimum absolute atomic E-state index is 0.00303. The van der Waals surface area contributed by atoms with E-state index in [-0.39, 0.29) is 29.6 Å². The minimum Gasteiger partial charge on any atom is -0.495 e. The van der Waals surface area contributed by atoms with Crippen LogP contribution in [0.4, 0.5) is 18.9 Å². The van der Waals surface area contributed by atoms with E-state index >= 15 is 0 Å². The summed E-state index contributed by atoms with van der Waals surface area (Å²) in [5.41, 5.74) is -0.918. The molecule has 0 bridgehead atoms. The number of carboxylic acid groups (broad SMARTS) is 1. The van der Waals surface area contributed by atoms with Gasteiger partial charge in [0.05, 0.1) is 12.8 Å². The Morgan fingerprint density at radius 3 is 2.28 bits per heavy atom. The quantitative estimate of drug-likeness (QED) is 0.743. The SMILES string of the molecule is COc1c(-c2ccccc2)ccc(NC(=O)C2=C(C(=O)O)CCC2)c1C(F)(F)F. The van der Waals surface area contributed by atoms with Crippen molar-refractivity contribution in [2.45, 2.75) is 25.4 Å². The predicted molar refractivity (Wildman–Crippen MR) is 101 cm³/mol. The molecule has 152 valence electrons. The fourth-order valence-corrected chi connectivity index (χ4v) is 3.45. The zero-order valence-corrected chi connectivity index (χ0v) is 15.5. The van der Waals surface area contributed by atoms with Crippen LogP contribution in [0, 0.1) is 0 Å². The molecule has 0 heterocycles. The highest BCUT2D eigenvalue weighted by atomic mass is 19.4. The van der Waals surface area contributed by atoms with Gasteiger partial charge in [0.25, 0.3) is 5.91 Å². The Morgan fingerprint density at radius 2 is 1.69 bits per heavy atom. The van der Waals surface area contributed by atoms with Gasteiger partial charge in [0, 0.05) is 16.7 Å². The van der Waals surface area contributed by atoms with E-state index in [9.17, 15) is 27.9 Å². The average molecular weight is 405 g/mol. The summed E-state index contributed by atoms with van der Waals surface area (Å²) < 4.78 is 46.7. The van der Waals surface area contributed by atoms with Crippen molar-refractivity contribution in [1.82, 2.24) is 0 Å². The van der Waals surface area contributed by atoms with E-state index < -0.39 is 35.1 Å². The van der Waals surface area contributed by atoms with Crippen molar-refractivity contribution in [1.29, 1.82) is 0 Å². The summed E-state index contributed by atoms with van der Waals surface area (Å²) in [6.45, 7) is 0. The Bertz CT molecular complexity index is 981. The molecule has 2 aromatic rings. The molecule has 1 amide bonds. The number of ether oxygens (including phenoxy) is 1. The largest absolute Gasteiger partial charge is 0.495 e. The van der Waals surface area contributed by atoms with Crippen molar-refractivity contribution in [3.05, 3.63) is 59.2 Å². The number of anilines is 1. The van der Waals surface area contributed by atoms with Crippen molar-refractivity contribution in [2.24, 2.45) is 0 Å². The highest BCUT2D eigenvalue weighted by molar-refractivity contribution is 6.09. The number of halogens is 3. The first-order valence-corrected chi connectivity index (χ1v) is 8.84. The monoisotopic (exact) mass is 405 g/mol. The molecule has 3 rings (SSSR count). The van der Waals surface area contributed by atoms with Crippen molar-refractivity contribution in [3.63, 3.8) is 0 Å². The molecule has 0 spiro atoms. The fourth-order valence-electron chi connectivity index (χ4n) is 3.45. The van der Waals surface area contributed by atoms with Crippen LogP contribution in [0.25, 0.3) is 11.1 Å².